The van der Waals surface area contributed by atoms with Crippen molar-refractivity contribution in [2.75, 3.05) is 40.4 Å². The fourth-order valence-corrected chi connectivity index (χ4v) is 3.43. The van der Waals surface area contributed by atoms with Gasteiger partial charge in [0.2, 0.25) is 0 Å². The van der Waals surface area contributed by atoms with Gasteiger partial charge in [0.15, 0.2) is 0 Å². The molecule has 1 aliphatic heterocycles. The van der Waals surface area contributed by atoms with Crippen LogP contribution in [0.4, 0.5) is 13.2 Å². The lowest BCUT2D eigenvalue weighted by Gasteiger charge is -2.35. The lowest BCUT2D eigenvalue weighted by Crippen LogP contribution is -2.48. The van der Waals surface area contributed by atoms with E-state index in [-0.39, 0.29) is 5.91 Å². The average Bonchev–Trinajstić information content (AvgIpc) is 2.72. The molecule has 0 unspecified atom stereocenters. The summed E-state index contributed by atoms with van der Waals surface area (Å²) in [6, 6.07) is 10.5. The Labute approximate surface area is 167 Å². The highest BCUT2D eigenvalue weighted by atomic mass is 19.4. The van der Waals surface area contributed by atoms with E-state index < -0.39 is 11.7 Å². The number of ether oxygens (including phenoxy) is 2. The molecule has 1 fully saturated rings. The molecular formula is C21H23F3N2O3. The van der Waals surface area contributed by atoms with E-state index in [4.69, 9.17) is 9.47 Å². The topological polar surface area (TPSA) is 42.0 Å². The van der Waals surface area contributed by atoms with Gasteiger partial charge in [0.05, 0.1) is 19.8 Å². The Balaban J connectivity index is 1.65. The monoisotopic (exact) mass is 408 g/mol. The number of alkyl halides is 3. The second-order valence-corrected chi connectivity index (χ2v) is 6.80. The predicted molar refractivity (Wildman–Crippen MR) is 102 cm³/mol. The molecule has 5 nitrogen and oxygen atoms in total. The van der Waals surface area contributed by atoms with Gasteiger partial charge in [-0.3, -0.25) is 9.69 Å². The number of amides is 1. The van der Waals surface area contributed by atoms with Gasteiger partial charge in [0, 0.05) is 32.7 Å². The zero-order valence-corrected chi connectivity index (χ0v) is 16.3. The molecular weight excluding hydrogens is 385 g/mol. The van der Waals surface area contributed by atoms with Crippen LogP contribution in [0.3, 0.4) is 0 Å². The van der Waals surface area contributed by atoms with Crippen molar-refractivity contribution in [3.05, 3.63) is 59.2 Å². The van der Waals surface area contributed by atoms with E-state index in [1.165, 1.54) is 26.4 Å². The van der Waals surface area contributed by atoms with E-state index in [2.05, 4.69) is 0 Å². The van der Waals surface area contributed by atoms with Gasteiger partial charge in [-0.25, -0.2) is 0 Å². The van der Waals surface area contributed by atoms with Crippen LogP contribution in [0.5, 0.6) is 11.5 Å². The molecule has 0 bridgehead atoms. The number of carbonyl (C=O) groups is 1. The Morgan fingerprint density at radius 1 is 0.966 bits per heavy atom. The van der Waals surface area contributed by atoms with E-state index in [1.807, 2.05) is 4.90 Å². The summed E-state index contributed by atoms with van der Waals surface area (Å²) in [5, 5.41) is 0. The zero-order chi connectivity index (χ0) is 21.0. The quantitative estimate of drug-likeness (QED) is 0.757. The molecule has 1 saturated heterocycles. The van der Waals surface area contributed by atoms with Crippen LogP contribution < -0.4 is 9.47 Å². The first kappa shape index (κ1) is 21.0. The van der Waals surface area contributed by atoms with Crippen LogP contribution in [0.15, 0.2) is 42.5 Å². The highest BCUT2D eigenvalue weighted by Crippen LogP contribution is 2.31. The minimum atomic E-state index is -4.35. The average molecular weight is 408 g/mol. The SMILES string of the molecule is COc1cccc(OC)c1C(=O)N1CCN(Cc2cccc(C(F)(F)F)c2)CC1. The minimum Gasteiger partial charge on any atom is -0.496 e. The van der Waals surface area contributed by atoms with Gasteiger partial charge < -0.3 is 14.4 Å². The van der Waals surface area contributed by atoms with Crippen molar-refractivity contribution in [1.82, 2.24) is 9.80 Å². The molecule has 8 heteroatoms. The normalized spacial score (nSPS) is 15.3. The summed E-state index contributed by atoms with van der Waals surface area (Å²) in [4.78, 5) is 16.8. The highest BCUT2D eigenvalue weighted by molar-refractivity contribution is 5.99. The highest BCUT2D eigenvalue weighted by Gasteiger charge is 2.31. The summed E-state index contributed by atoms with van der Waals surface area (Å²) < 4.78 is 49.3. The standard InChI is InChI=1S/C21H23F3N2O3/c1-28-17-7-4-8-18(29-2)19(17)20(27)26-11-9-25(10-12-26)14-15-5-3-6-16(13-15)21(22,23)24/h3-8,13H,9-12,14H2,1-2H3. The Bertz CT molecular complexity index is 840. The Morgan fingerprint density at radius 2 is 1.55 bits per heavy atom. The van der Waals surface area contributed by atoms with Crippen LogP contribution in [0.25, 0.3) is 0 Å². The number of nitrogens with zero attached hydrogens (tertiary/aromatic N) is 2. The number of halogens is 3. The molecule has 1 amide bonds. The van der Waals surface area contributed by atoms with Crippen molar-refractivity contribution < 1.29 is 27.4 Å². The fraction of sp³-hybridized carbons (Fsp3) is 0.381. The second-order valence-electron chi connectivity index (χ2n) is 6.80. The van der Waals surface area contributed by atoms with Gasteiger partial charge in [-0.05, 0) is 23.8 Å². The third-order valence-corrected chi connectivity index (χ3v) is 4.96. The van der Waals surface area contributed by atoms with E-state index in [9.17, 15) is 18.0 Å². The van der Waals surface area contributed by atoms with Crippen molar-refractivity contribution >= 4 is 5.91 Å². The van der Waals surface area contributed by atoms with E-state index in [1.54, 1.807) is 29.2 Å². The number of hydrogen-bond donors (Lipinski definition) is 0. The van der Waals surface area contributed by atoms with E-state index in [0.29, 0.717) is 55.3 Å². The molecule has 0 saturated carbocycles. The summed E-state index contributed by atoms with van der Waals surface area (Å²) in [6.45, 7) is 2.49. The van der Waals surface area contributed by atoms with Crippen LogP contribution in [0.2, 0.25) is 0 Å². The van der Waals surface area contributed by atoms with Crippen molar-refractivity contribution in [2.45, 2.75) is 12.7 Å². The Hall–Kier alpha value is -2.74. The molecule has 0 spiro atoms. The number of hydrogen-bond acceptors (Lipinski definition) is 4. The molecule has 0 N–H and O–H groups in total. The van der Waals surface area contributed by atoms with Crippen molar-refractivity contribution in [3.8, 4) is 11.5 Å². The van der Waals surface area contributed by atoms with Crippen LogP contribution in [0, 0.1) is 0 Å². The molecule has 156 valence electrons. The third-order valence-electron chi connectivity index (χ3n) is 4.96. The van der Waals surface area contributed by atoms with Gasteiger partial charge in [-0.15, -0.1) is 0 Å². The van der Waals surface area contributed by atoms with Crippen LogP contribution in [0.1, 0.15) is 21.5 Å². The van der Waals surface area contributed by atoms with Crippen molar-refractivity contribution in [2.24, 2.45) is 0 Å². The lowest BCUT2D eigenvalue weighted by molar-refractivity contribution is -0.137. The summed E-state index contributed by atoms with van der Waals surface area (Å²) in [7, 11) is 3.00. The first-order valence-electron chi connectivity index (χ1n) is 9.22. The summed E-state index contributed by atoms with van der Waals surface area (Å²) in [5.74, 6) is 0.708. The van der Waals surface area contributed by atoms with Crippen molar-refractivity contribution in [1.29, 1.82) is 0 Å². The van der Waals surface area contributed by atoms with E-state index in [0.717, 1.165) is 6.07 Å². The third kappa shape index (κ3) is 4.82. The maximum absolute atomic E-state index is 13.0. The van der Waals surface area contributed by atoms with Gasteiger partial charge >= 0.3 is 6.18 Å². The number of rotatable bonds is 5. The Kier molecular flexibility index (Phi) is 6.32. The van der Waals surface area contributed by atoms with Gasteiger partial charge in [0.25, 0.3) is 5.91 Å². The van der Waals surface area contributed by atoms with E-state index >= 15 is 0 Å². The summed E-state index contributed by atoms with van der Waals surface area (Å²) in [5.41, 5.74) is 0.335. The first-order chi connectivity index (χ1) is 13.8. The first-order valence-corrected chi connectivity index (χ1v) is 9.22. The molecule has 3 rings (SSSR count). The van der Waals surface area contributed by atoms with Crippen LogP contribution in [-0.4, -0.2) is 56.1 Å². The molecule has 29 heavy (non-hydrogen) atoms. The minimum absolute atomic E-state index is 0.182. The molecule has 0 aromatic heterocycles. The maximum atomic E-state index is 13.0. The molecule has 0 atom stereocenters. The molecule has 0 radical (unpaired) electrons. The zero-order valence-electron chi connectivity index (χ0n) is 16.3. The molecule has 1 aliphatic rings. The number of piperazine rings is 1. The maximum Gasteiger partial charge on any atom is 0.416 e. The fourth-order valence-electron chi connectivity index (χ4n) is 3.43. The number of methoxy groups -OCH3 is 2. The molecule has 0 aliphatic carbocycles. The second kappa shape index (κ2) is 8.73. The molecule has 2 aromatic rings. The van der Waals surface area contributed by atoms with Crippen LogP contribution >= 0.6 is 0 Å². The molecule has 1 heterocycles. The summed E-state index contributed by atoms with van der Waals surface area (Å²) >= 11 is 0. The lowest BCUT2D eigenvalue weighted by atomic mass is 10.1. The number of benzene rings is 2. The summed E-state index contributed by atoms with van der Waals surface area (Å²) in [6.07, 6.45) is -4.35. The number of carbonyl (C=O) groups excluding carboxylic acids is 1. The van der Waals surface area contributed by atoms with Gasteiger partial charge in [-0.2, -0.15) is 13.2 Å². The van der Waals surface area contributed by atoms with Gasteiger partial charge in [-0.1, -0.05) is 24.3 Å². The largest absolute Gasteiger partial charge is 0.496 e. The smallest absolute Gasteiger partial charge is 0.416 e. The van der Waals surface area contributed by atoms with Gasteiger partial charge in [0.1, 0.15) is 17.1 Å². The van der Waals surface area contributed by atoms with Crippen molar-refractivity contribution in [3.63, 3.8) is 0 Å². The van der Waals surface area contributed by atoms with Crippen LogP contribution in [-0.2, 0) is 12.7 Å². The Morgan fingerprint density at radius 3 is 2.10 bits per heavy atom. The predicted octanol–water partition coefficient (Wildman–Crippen LogP) is 3.68. The molecule has 2 aromatic carbocycles.